The van der Waals surface area contributed by atoms with Gasteiger partial charge in [0.2, 0.25) is 0 Å². The smallest absolute Gasteiger partial charge is 0.263 e. The molecule has 0 spiro atoms. The maximum atomic E-state index is 13.5. The summed E-state index contributed by atoms with van der Waals surface area (Å²) in [6, 6.07) is 1.49. The first-order valence-electron chi connectivity index (χ1n) is 4.77. The van der Waals surface area contributed by atoms with Crippen LogP contribution in [0.2, 0.25) is 0 Å². The molecule has 2 rings (SSSR count). The van der Waals surface area contributed by atoms with E-state index in [1.807, 2.05) is 0 Å². The number of halogens is 2. The van der Waals surface area contributed by atoms with Gasteiger partial charge in [0.25, 0.3) is 10.0 Å². The molecule has 4 nitrogen and oxygen atoms in total. The average Bonchev–Trinajstić information content (AvgIpc) is 2.75. The Morgan fingerprint density at radius 1 is 1.28 bits per heavy atom. The van der Waals surface area contributed by atoms with Crippen LogP contribution in [0.5, 0.6) is 0 Å². The lowest BCUT2D eigenvalue weighted by Gasteiger charge is -2.08. The van der Waals surface area contributed by atoms with Crippen molar-refractivity contribution >= 4 is 27.2 Å². The van der Waals surface area contributed by atoms with E-state index in [4.69, 9.17) is 0 Å². The number of anilines is 1. The zero-order valence-corrected chi connectivity index (χ0v) is 10.8. The van der Waals surface area contributed by atoms with E-state index in [0.29, 0.717) is 6.07 Å². The van der Waals surface area contributed by atoms with Gasteiger partial charge in [0, 0.05) is 11.4 Å². The van der Waals surface area contributed by atoms with Gasteiger partial charge in [0.05, 0.1) is 5.51 Å². The Morgan fingerprint density at radius 3 is 2.61 bits per heavy atom. The summed E-state index contributed by atoms with van der Waals surface area (Å²) in [5.41, 5.74) is 1.49. The summed E-state index contributed by atoms with van der Waals surface area (Å²) >= 11 is 1.19. The van der Waals surface area contributed by atoms with Crippen LogP contribution < -0.4 is 4.72 Å². The Morgan fingerprint density at radius 2 is 2.00 bits per heavy atom. The van der Waals surface area contributed by atoms with Crippen molar-refractivity contribution in [2.75, 3.05) is 4.72 Å². The number of aromatic nitrogens is 1. The molecule has 0 saturated carbocycles. The number of hydrogen-bond acceptors (Lipinski definition) is 4. The van der Waals surface area contributed by atoms with E-state index in [1.165, 1.54) is 29.2 Å². The molecule has 0 saturated heterocycles. The predicted octanol–water partition coefficient (Wildman–Crippen LogP) is 2.53. The van der Waals surface area contributed by atoms with E-state index in [1.54, 1.807) is 0 Å². The fourth-order valence-electron chi connectivity index (χ4n) is 1.29. The Kier molecular flexibility index (Phi) is 3.31. The third-order valence-electron chi connectivity index (χ3n) is 2.17. The highest BCUT2D eigenvalue weighted by molar-refractivity contribution is 7.92. The number of aryl methyl sites for hydroxylation is 1. The molecular weight excluding hydrogens is 282 g/mol. The van der Waals surface area contributed by atoms with E-state index >= 15 is 0 Å². The molecule has 1 N–H and O–H groups in total. The minimum absolute atomic E-state index is 0.0510. The van der Waals surface area contributed by atoms with E-state index in [0.717, 1.165) is 6.07 Å². The van der Waals surface area contributed by atoms with Crippen molar-refractivity contribution in [1.82, 2.24) is 4.98 Å². The van der Waals surface area contributed by atoms with Crippen LogP contribution in [-0.4, -0.2) is 13.4 Å². The Hall–Kier alpha value is -1.54. The zero-order valence-electron chi connectivity index (χ0n) is 9.15. The van der Waals surface area contributed by atoms with E-state index in [-0.39, 0.29) is 11.4 Å². The van der Waals surface area contributed by atoms with Crippen molar-refractivity contribution in [1.29, 1.82) is 0 Å². The lowest BCUT2D eigenvalue weighted by molar-refractivity contribution is 0.547. The molecule has 1 heterocycles. The number of thiazole rings is 1. The largest absolute Gasteiger partial charge is 0.266 e. The molecule has 0 atom stereocenters. The van der Waals surface area contributed by atoms with Crippen LogP contribution >= 0.6 is 11.3 Å². The second-order valence-electron chi connectivity index (χ2n) is 3.51. The van der Waals surface area contributed by atoms with Gasteiger partial charge in [-0.05, 0) is 18.6 Å². The molecule has 0 amide bonds. The van der Waals surface area contributed by atoms with Crippen LogP contribution in [-0.2, 0) is 10.0 Å². The third kappa shape index (κ3) is 2.49. The van der Waals surface area contributed by atoms with Gasteiger partial charge >= 0.3 is 0 Å². The lowest BCUT2D eigenvalue weighted by atomic mass is 10.2. The number of hydrogen-bond donors (Lipinski definition) is 1. The van der Waals surface area contributed by atoms with Crippen molar-refractivity contribution < 1.29 is 17.2 Å². The maximum absolute atomic E-state index is 13.5. The minimum atomic E-state index is -4.10. The van der Waals surface area contributed by atoms with Crippen molar-refractivity contribution in [2.24, 2.45) is 0 Å². The fraction of sp³-hybridized carbons (Fsp3) is 0.100. The summed E-state index contributed by atoms with van der Waals surface area (Å²) in [5, 5.41) is 1.46. The molecule has 0 unspecified atom stereocenters. The second-order valence-corrected chi connectivity index (χ2v) is 5.88. The standard InChI is InChI=1S/C10H8F2N2O2S2/c1-6-2-9(8(12)3-7(6)11)18(15,16)14-10-4-17-5-13-10/h2-5,14H,1H3. The molecule has 0 bridgehead atoms. The van der Waals surface area contributed by atoms with Gasteiger partial charge in [0.15, 0.2) is 5.82 Å². The molecule has 18 heavy (non-hydrogen) atoms. The summed E-state index contributed by atoms with van der Waals surface area (Å²) in [7, 11) is -4.10. The fourth-order valence-corrected chi connectivity index (χ4v) is 3.00. The van der Waals surface area contributed by atoms with Gasteiger partial charge in [-0.2, -0.15) is 0 Å². The summed E-state index contributed by atoms with van der Waals surface area (Å²) in [6.45, 7) is 1.36. The summed E-state index contributed by atoms with van der Waals surface area (Å²) in [5.74, 6) is -1.83. The molecule has 1 aromatic carbocycles. The van der Waals surface area contributed by atoms with Crippen molar-refractivity contribution in [3.05, 3.63) is 40.2 Å². The van der Waals surface area contributed by atoms with Crippen LogP contribution in [0.1, 0.15) is 5.56 Å². The third-order valence-corrected chi connectivity index (χ3v) is 4.13. The van der Waals surface area contributed by atoms with E-state index in [2.05, 4.69) is 9.71 Å². The number of sulfonamides is 1. The predicted molar refractivity (Wildman–Crippen MR) is 64.0 cm³/mol. The Bertz CT molecular complexity index is 669. The molecule has 8 heteroatoms. The summed E-state index contributed by atoms with van der Waals surface area (Å²) in [6.07, 6.45) is 0. The minimum Gasteiger partial charge on any atom is -0.263 e. The normalized spacial score (nSPS) is 11.5. The zero-order chi connectivity index (χ0) is 13.3. The quantitative estimate of drug-likeness (QED) is 0.945. The maximum Gasteiger partial charge on any atom is 0.266 e. The second kappa shape index (κ2) is 4.62. The first kappa shape index (κ1) is 12.9. The molecule has 0 aliphatic carbocycles. The number of nitrogens with zero attached hydrogens (tertiary/aromatic N) is 1. The summed E-state index contributed by atoms with van der Waals surface area (Å²) < 4.78 is 52.4. The average molecular weight is 290 g/mol. The first-order valence-corrected chi connectivity index (χ1v) is 7.19. The highest BCUT2D eigenvalue weighted by Crippen LogP contribution is 2.21. The number of nitrogens with one attached hydrogen (secondary N) is 1. The SMILES string of the molecule is Cc1cc(S(=O)(=O)Nc2cscn2)c(F)cc1F. The highest BCUT2D eigenvalue weighted by atomic mass is 32.2. The summed E-state index contributed by atoms with van der Waals surface area (Å²) in [4.78, 5) is 3.13. The first-order chi connectivity index (χ1) is 8.40. The molecule has 1 aromatic heterocycles. The topological polar surface area (TPSA) is 59.1 Å². The Labute approximate surface area is 106 Å². The van der Waals surface area contributed by atoms with Crippen LogP contribution in [0, 0.1) is 18.6 Å². The molecule has 96 valence electrons. The number of rotatable bonds is 3. The van der Waals surface area contributed by atoms with Gasteiger partial charge in [0.1, 0.15) is 16.5 Å². The van der Waals surface area contributed by atoms with Crippen LogP contribution in [0.4, 0.5) is 14.6 Å². The molecular formula is C10H8F2N2O2S2. The lowest BCUT2D eigenvalue weighted by Crippen LogP contribution is -2.15. The number of benzene rings is 1. The molecule has 2 aromatic rings. The van der Waals surface area contributed by atoms with Gasteiger partial charge in [-0.1, -0.05) is 0 Å². The van der Waals surface area contributed by atoms with E-state index in [9.17, 15) is 17.2 Å². The van der Waals surface area contributed by atoms with Gasteiger partial charge in [-0.25, -0.2) is 22.2 Å². The van der Waals surface area contributed by atoms with Gasteiger partial charge in [-0.3, -0.25) is 4.72 Å². The van der Waals surface area contributed by atoms with Gasteiger partial charge in [-0.15, -0.1) is 11.3 Å². The van der Waals surface area contributed by atoms with Crippen LogP contribution in [0.15, 0.2) is 27.9 Å². The Balaban J connectivity index is 2.44. The highest BCUT2D eigenvalue weighted by Gasteiger charge is 2.21. The van der Waals surface area contributed by atoms with Crippen molar-refractivity contribution in [2.45, 2.75) is 11.8 Å². The van der Waals surface area contributed by atoms with Crippen LogP contribution in [0.25, 0.3) is 0 Å². The molecule has 0 fully saturated rings. The molecule has 0 radical (unpaired) electrons. The van der Waals surface area contributed by atoms with Crippen molar-refractivity contribution in [3.63, 3.8) is 0 Å². The molecule has 0 aliphatic rings. The monoisotopic (exact) mass is 290 g/mol. The molecule has 0 aliphatic heterocycles. The van der Waals surface area contributed by atoms with Crippen LogP contribution in [0.3, 0.4) is 0 Å². The van der Waals surface area contributed by atoms with Gasteiger partial charge < -0.3 is 0 Å². The van der Waals surface area contributed by atoms with E-state index < -0.39 is 26.6 Å². The van der Waals surface area contributed by atoms with Crippen molar-refractivity contribution in [3.8, 4) is 0 Å².